The average Bonchev–Trinajstić information content (AvgIpc) is 2.69. The smallest absolute Gasteiger partial charge is 0.155 e. The van der Waals surface area contributed by atoms with E-state index in [1.807, 2.05) is 0 Å². The van der Waals surface area contributed by atoms with Gasteiger partial charge in [0.2, 0.25) is 0 Å². The van der Waals surface area contributed by atoms with E-state index in [9.17, 15) is 0 Å². The first-order valence-electron chi connectivity index (χ1n) is 4.09. The Morgan fingerprint density at radius 1 is 1.36 bits per heavy atom. The van der Waals surface area contributed by atoms with E-state index >= 15 is 0 Å². The molecule has 72 valence electrons. The molecule has 2 aromatic heterocycles. The minimum absolute atomic E-state index is 0.559. The van der Waals surface area contributed by atoms with Gasteiger partial charge in [0.1, 0.15) is 0 Å². The molecule has 4 nitrogen and oxygen atoms in total. The minimum atomic E-state index is 0.559. The highest BCUT2D eigenvalue weighted by molar-refractivity contribution is 6.33. The molecule has 0 atom stereocenters. The summed E-state index contributed by atoms with van der Waals surface area (Å²) in [6, 6.07) is 3.60. The van der Waals surface area contributed by atoms with Crippen molar-refractivity contribution in [1.82, 2.24) is 10.1 Å². The first kappa shape index (κ1) is 9.02. The molecule has 0 aliphatic rings. The molecule has 0 amide bonds. The molecule has 0 saturated heterocycles. The van der Waals surface area contributed by atoms with Crippen LogP contribution in [0, 0.1) is 0 Å². The fourth-order valence-electron chi connectivity index (χ4n) is 1.03. The van der Waals surface area contributed by atoms with E-state index in [0.717, 1.165) is 11.4 Å². The zero-order chi connectivity index (χ0) is 9.80. The number of nitrogens with zero attached hydrogens (tertiary/aromatic N) is 2. The average molecular weight is 210 g/mol. The predicted molar refractivity (Wildman–Crippen MR) is 53.1 cm³/mol. The Bertz CT molecular complexity index is 402. The van der Waals surface area contributed by atoms with Gasteiger partial charge in [-0.25, -0.2) is 0 Å². The molecule has 2 heterocycles. The van der Waals surface area contributed by atoms with Gasteiger partial charge in [-0.3, -0.25) is 4.98 Å². The van der Waals surface area contributed by atoms with Crippen LogP contribution >= 0.6 is 11.6 Å². The number of pyridine rings is 1. The van der Waals surface area contributed by atoms with E-state index in [0.29, 0.717) is 11.6 Å². The molecule has 0 aliphatic heterocycles. The zero-order valence-corrected chi connectivity index (χ0v) is 8.03. The molecule has 0 radical (unpaired) electrons. The van der Waals surface area contributed by atoms with Gasteiger partial charge in [-0.15, -0.1) is 0 Å². The van der Waals surface area contributed by atoms with Gasteiger partial charge in [-0.1, -0.05) is 16.8 Å². The molecule has 0 aliphatic carbocycles. The second-order valence-corrected chi connectivity index (χ2v) is 3.10. The summed E-state index contributed by atoms with van der Waals surface area (Å²) >= 11 is 5.89. The summed E-state index contributed by atoms with van der Waals surface area (Å²) in [5, 5.41) is 7.30. The predicted octanol–water partition coefficient (Wildman–Crippen LogP) is 2.34. The second-order valence-electron chi connectivity index (χ2n) is 2.69. The SMILES string of the molecule is Clc1cnccc1NCc1ccno1. The Labute approximate surface area is 85.9 Å². The van der Waals surface area contributed by atoms with Crippen LogP contribution in [0.2, 0.25) is 5.02 Å². The third kappa shape index (κ3) is 2.03. The van der Waals surface area contributed by atoms with Crippen molar-refractivity contribution in [3.05, 3.63) is 41.5 Å². The molecule has 0 bridgehead atoms. The lowest BCUT2D eigenvalue weighted by molar-refractivity contribution is 0.388. The van der Waals surface area contributed by atoms with Gasteiger partial charge in [0.05, 0.1) is 23.5 Å². The quantitative estimate of drug-likeness (QED) is 0.843. The molecule has 5 heteroatoms. The number of halogens is 1. The van der Waals surface area contributed by atoms with Gasteiger partial charge < -0.3 is 9.84 Å². The van der Waals surface area contributed by atoms with Crippen molar-refractivity contribution < 1.29 is 4.52 Å². The van der Waals surface area contributed by atoms with Crippen LogP contribution in [0.5, 0.6) is 0 Å². The van der Waals surface area contributed by atoms with Crippen molar-refractivity contribution in [2.24, 2.45) is 0 Å². The standard InChI is InChI=1S/C9H8ClN3O/c10-8-6-11-3-2-9(8)12-5-7-1-4-13-14-7/h1-4,6H,5H2,(H,11,12). The Morgan fingerprint density at radius 2 is 2.29 bits per heavy atom. The van der Waals surface area contributed by atoms with Crippen LogP contribution in [0.25, 0.3) is 0 Å². The lowest BCUT2D eigenvalue weighted by Crippen LogP contribution is -1.98. The van der Waals surface area contributed by atoms with E-state index in [2.05, 4.69) is 15.5 Å². The molecule has 1 N–H and O–H groups in total. The van der Waals surface area contributed by atoms with E-state index in [4.69, 9.17) is 16.1 Å². The van der Waals surface area contributed by atoms with Crippen molar-refractivity contribution in [2.75, 3.05) is 5.32 Å². The first-order chi connectivity index (χ1) is 6.86. The van der Waals surface area contributed by atoms with Crippen molar-refractivity contribution in [1.29, 1.82) is 0 Å². The molecule has 0 saturated carbocycles. The van der Waals surface area contributed by atoms with E-state index < -0.39 is 0 Å². The van der Waals surface area contributed by atoms with Gasteiger partial charge in [-0.05, 0) is 6.07 Å². The fourth-order valence-corrected chi connectivity index (χ4v) is 1.22. The summed E-state index contributed by atoms with van der Waals surface area (Å²) in [7, 11) is 0. The number of rotatable bonds is 3. The number of hydrogen-bond acceptors (Lipinski definition) is 4. The number of nitrogens with one attached hydrogen (secondary N) is 1. The molecule has 2 aromatic rings. The summed E-state index contributed by atoms with van der Waals surface area (Å²) in [6.45, 7) is 0.559. The van der Waals surface area contributed by atoms with Gasteiger partial charge in [0.25, 0.3) is 0 Å². The summed E-state index contributed by atoms with van der Waals surface area (Å²) in [5.74, 6) is 0.762. The van der Waals surface area contributed by atoms with E-state index in [1.54, 1.807) is 30.7 Å². The van der Waals surface area contributed by atoms with Crippen LogP contribution in [0.15, 0.2) is 35.2 Å². The third-order valence-corrected chi connectivity index (χ3v) is 2.02. The summed E-state index contributed by atoms with van der Waals surface area (Å²) in [5.41, 5.74) is 0.832. The number of aromatic nitrogens is 2. The Hall–Kier alpha value is -1.55. The van der Waals surface area contributed by atoms with Gasteiger partial charge in [0, 0.05) is 18.5 Å². The van der Waals surface area contributed by atoms with Gasteiger partial charge in [-0.2, -0.15) is 0 Å². The normalized spacial score (nSPS) is 10.1. The van der Waals surface area contributed by atoms with Crippen LogP contribution in [0.1, 0.15) is 5.76 Å². The number of hydrogen-bond donors (Lipinski definition) is 1. The third-order valence-electron chi connectivity index (χ3n) is 1.72. The summed E-state index contributed by atoms with van der Waals surface area (Å²) < 4.78 is 4.92. The molecule has 14 heavy (non-hydrogen) atoms. The minimum Gasteiger partial charge on any atom is -0.376 e. The molecule has 0 spiro atoms. The molecule has 0 fully saturated rings. The highest BCUT2D eigenvalue weighted by atomic mass is 35.5. The Morgan fingerprint density at radius 3 is 3.00 bits per heavy atom. The highest BCUT2D eigenvalue weighted by Gasteiger charge is 2.00. The highest BCUT2D eigenvalue weighted by Crippen LogP contribution is 2.19. The Balaban J connectivity index is 2.02. The summed E-state index contributed by atoms with van der Waals surface area (Å²) in [4.78, 5) is 3.88. The van der Waals surface area contributed by atoms with Gasteiger partial charge in [0.15, 0.2) is 5.76 Å². The monoisotopic (exact) mass is 209 g/mol. The van der Waals surface area contributed by atoms with Crippen molar-refractivity contribution in [3.8, 4) is 0 Å². The van der Waals surface area contributed by atoms with Crippen LogP contribution in [-0.2, 0) is 6.54 Å². The van der Waals surface area contributed by atoms with Crippen LogP contribution in [-0.4, -0.2) is 10.1 Å². The summed E-state index contributed by atoms with van der Waals surface area (Å²) in [6.07, 6.45) is 4.87. The topological polar surface area (TPSA) is 51.0 Å². The van der Waals surface area contributed by atoms with Crippen LogP contribution in [0.4, 0.5) is 5.69 Å². The van der Waals surface area contributed by atoms with Crippen molar-refractivity contribution in [2.45, 2.75) is 6.54 Å². The maximum atomic E-state index is 5.89. The molecular weight excluding hydrogens is 202 g/mol. The van der Waals surface area contributed by atoms with Gasteiger partial charge >= 0.3 is 0 Å². The first-order valence-corrected chi connectivity index (χ1v) is 4.47. The van der Waals surface area contributed by atoms with E-state index in [-0.39, 0.29) is 0 Å². The van der Waals surface area contributed by atoms with Crippen LogP contribution < -0.4 is 5.32 Å². The van der Waals surface area contributed by atoms with Crippen molar-refractivity contribution in [3.63, 3.8) is 0 Å². The lowest BCUT2D eigenvalue weighted by Gasteiger charge is -2.04. The molecule has 0 unspecified atom stereocenters. The van der Waals surface area contributed by atoms with E-state index in [1.165, 1.54) is 0 Å². The second kappa shape index (κ2) is 4.11. The molecule has 2 rings (SSSR count). The lowest BCUT2D eigenvalue weighted by atomic mass is 10.4. The maximum absolute atomic E-state index is 5.89. The molecular formula is C9H8ClN3O. The van der Waals surface area contributed by atoms with Crippen LogP contribution in [0.3, 0.4) is 0 Å². The Kier molecular flexibility index (Phi) is 2.65. The fraction of sp³-hybridized carbons (Fsp3) is 0.111. The number of anilines is 1. The largest absolute Gasteiger partial charge is 0.376 e. The van der Waals surface area contributed by atoms with Crippen molar-refractivity contribution >= 4 is 17.3 Å². The molecule has 0 aromatic carbocycles. The zero-order valence-electron chi connectivity index (χ0n) is 7.27. The maximum Gasteiger partial charge on any atom is 0.155 e.